The number of anilines is 1. The molecular weight excluding hydrogens is 344 g/mol. The molecule has 0 aromatic heterocycles. The van der Waals surface area contributed by atoms with Gasteiger partial charge >= 0.3 is 5.97 Å². The Balaban J connectivity index is 1.71. The molecule has 0 spiro atoms. The van der Waals surface area contributed by atoms with Gasteiger partial charge in [-0.25, -0.2) is 0 Å². The molecule has 2 aliphatic rings. The number of allylic oxidation sites excluding steroid dienone is 2. The van der Waals surface area contributed by atoms with Crippen LogP contribution in [0.25, 0.3) is 0 Å². The van der Waals surface area contributed by atoms with Gasteiger partial charge in [0.25, 0.3) is 5.91 Å². The van der Waals surface area contributed by atoms with Crippen LogP contribution in [0.2, 0.25) is 0 Å². The largest absolute Gasteiger partial charge is 0.481 e. The van der Waals surface area contributed by atoms with Crippen molar-refractivity contribution in [3.05, 3.63) is 42.0 Å². The van der Waals surface area contributed by atoms with Gasteiger partial charge in [-0.2, -0.15) is 0 Å². The number of rotatable bonds is 5. The predicted octanol–water partition coefficient (Wildman–Crippen LogP) is 3.35. The average molecular weight is 370 g/mol. The standard InChI is InChI=1S/C21H26N2O4/c24-19(15-10-4-5-11-16(15)21(26)27)23-18-13-7-6-12-17(18)20(25)22-14-8-2-1-3-9-14/h4-7,12-16H,1-3,8-11H2,(H,22,25)(H,23,24)(H,26,27)/t15-,16+/m1/s1. The van der Waals surface area contributed by atoms with E-state index >= 15 is 0 Å². The van der Waals surface area contributed by atoms with Crippen LogP contribution in [-0.4, -0.2) is 28.9 Å². The molecule has 1 fully saturated rings. The van der Waals surface area contributed by atoms with Gasteiger partial charge in [0.2, 0.25) is 5.91 Å². The molecule has 1 saturated carbocycles. The minimum absolute atomic E-state index is 0.176. The molecule has 2 aliphatic carbocycles. The third-order valence-corrected chi connectivity index (χ3v) is 5.46. The smallest absolute Gasteiger partial charge is 0.307 e. The summed E-state index contributed by atoms with van der Waals surface area (Å²) in [7, 11) is 0. The number of hydrogen-bond acceptors (Lipinski definition) is 3. The number of carboxylic acids is 1. The third kappa shape index (κ3) is 4.76. The summed E-state index contributed by atoms with van der Waals surface area (Å²) in [5.74, 6) is -2.90. The van der Waals surface area contributed by atoms with Gasteiger partial charge in [-0.05, 0) is 37.8 Å². The lowest BCUT2D eigenvalue weighted by Crippen LogP contribution is -2.37. The van der Waals surface area contributed by atoms with E-state index in [4.69, 9.17) is 0 Å². The lowest BCUT2D eigenvalue weighted by molar-refractivity contribution is -0.146. The number of nitrogens with one attached hydrogen (secondary N) is 2. The van der Waals surface area contributed by atoms with Crippen molar-refractivity contribution < 1.29 is 19.5 Å². The van der Waals surface area contributed by atoms with Gasteiger partial charge in [0.15, 0.2) is 0 Å². The fraction of sp³-hybridized carbons (Fsp3) is 0.476. The van der Waals surface area contributed by atoms with Gasteiger partial charge in [-0.3, -0.25) is 14.4 Å². The zero-order valence-corrected chi connectivity index (χ0v) is 15.3. The Morgan fingerprint density at radius 2 is 1.59 bits per heavy atom. The van der Waals surface area contributed by atoms with E-state index in [0.29, 0.717) is 24.1 Å². The van der Waals surface area contributed by atoms with Crippen molar-refractivity contribution >= 4 is 23.5 Å². The highest BCUT2D eigenvalue weighted by Crippen LogP contribution is 2.28. The lowest BCUT2D eigenvalue weighted by atomic mass is 9.82. The van der Waals surface area contributed by atoms with Crippen LogP contribution in [0, 0.1) is 11.8 Å². The van der Waals surface area contributed by atoms with Crippen LogP contribution in [0.15, 0.2) is 36.4 Å². The summed E-state index contributed by atoms with van der Waals surface area (Å²) >= 11 is 0. The van der Waals surface area contributed by atoms with Crippen molar-refractivity contribution in [2.75, 3.05) is 5.32 Å². The topological polar surface area (TPSA) is 95.5 Å². The fourth-order valence-electron chi connectivity index (χ4n) is 3.90. The second-order valence-corrected chi connectivity index (χ2v) is 7.34. The SMILES string of the molecule is O=C(NC1CCCCC1)c1ccccc1NC(=O)[C@@H]1CC=CC[C@@H]1C(=O)O. The highest BCUT2D eigenvalue weighted by molar-refractivity contribution is 6.04. The molecule has 0 aliphatic heterocycles. The summed E-state index contributed by atoms with van der Waals surface area (Å²) in [6.45, 7) is 0. The molecule has 144 valence electrons. The summed E-state index contributed by atoms with van der Waals surface area (Å²) in [5.41, 5.74) is 0.837. The second-order valence-electron chi connectivity index (χ2n) is 7.34. The monoisotopic (exact) mass is 370 g/mol. The lowest BCUT2D eigenvalue weighted by Gasteiger charge is -2.25. The van der Waals surface area contributed by atoms with Crippen LogP contribution >= 0.6 is 0 Å². The Morgan fingerprint density at radius 3 is 2.30 bits per heavy atom. The van der Waals surface area contributed by atoms with Crippen LogP contribution in [0.4, 0.5) is 5.69 Å². The minimum Gasteiger partial charge on any atom is -0.481 e. The number of carboxylic acid groups (broad SMARTS) is 1. The van der Waals surface area contributed by atoms with E-state index in [1.807, 2.05) is 6.08 Å². The van der Waals surface area contributed by atoms with Gasteiger partial charge in [-0.15, -0.1) is 0 Å². The van der Waals surface area contributed by atoms with Gasteiger partial charge < -0.3 is 15.7 Å². The number of amides is 2. The first-order valence-corrected chi connectivity index (χ1v) is 9.65. The summed E-state index contributed by atoms with van der Waals surface area (Å²) in [6.07, 6.45) is 9.78. The van der Waals surface area contributed by atoms with Crippen LogP contribution < -0.4 is 10.6 Å². The van der Waals surface area contributed by atoms with E-state index in [1.54, 1.807) is 30.3 Å². The molecule has 0 heterocycles. The Labute approximate surface area is 159 Å². The number of benzene rings is 1. The van der Waals surface area contributed by atoms with E-state index in [-0.39, 0.29) is 17.9 Å². The first-order valence-electron chi connectivity index (χ1n) is 9.65. The zero-order valence-electron chi connectivity index (χ0n) is 15.3. The summed E-state index contributed by atoms with van der Waals surface area (Å²) < 4.78 is 0. The van der Waals surface area contributed by atoms with E-state index < -0.39 is 17.8 Å². The first kappa shape index (κ1) is 19.1. The van der Waals surface area contributed by atoms with Crippen molar-refractivity contribution in [2.45, 2.75) is 51.0 Å². The maximum absolute atomic E-state index is 12.7. The second kappa shape index (κ2) is 8.84. The first-order chi connectivity index (χ1) is 13.1. The van der Waals surface area contributed by atoms with Crippen LogP contribution in [-0.2, 0) is 9.59 Å². The highest BCUT2D eigenvalue weighted by atomic mass is 16.4. The van der Waals surface area contributed by atoms with Crippen molar-refractivity contribution in [2.24, 2.45) is 11.8 Å². The Hall–Kier alpha value is -2.63. The zero-order chi connectivity index (χ0) is 19.2. The maximum atomic E-state index is 12.7. The van der Waals surface area contributed by atoms with Crippen molar-refractivity contribution in [1.29, 1.82) is 0 Å². The van der Waals surface area contributed by atoms with Gasteiger partial charge in [0, 0.05) is 6.04 Å². The van der Waals surface area contributed by atoms with Gasteiger partial charge in [0.1, 0.15) is 0 Å². The maximum Gasteiger partial charge on any atom is 0.307 e. The van der Waals surface area contributed by atoms with Crippen LogP contribution in [0.1, 0.15) is 55.3 Å². The van der Waals surface area contributed by atoms with Crippen molar-refractivity contribution in [3.8, 4) is 0 Å². The van der Waals surface area contributed by atoms with E-state index in [9.17, 15) is 19.5 Å². The van der Waals surface area contributed by atoms with E-state index in [0.717, 1.165) is 25.7 Å². The molecular formula is C21H26N2O4. The molecule has 1 aromatic rings. The molecule has 0 saturated heterocycles. The number of carbonyl (C=O) groups excluding carboxylic acids is 2. The molecule has 0 radical (unpaired) electrons. The normalized spacial score (nSPS) is 22.8. The molecule has 3 N–H and O–H groups in total. The van der Waals surface area contributed by atoms with E-state index in [1.165, 1.54) is 6.42 Å². The number of aliphatic carboxylic acids is 1. The summed E-state index contributed by atoms with van der Waals surface area (Å²) in [5, 5.41) is 15.2. The number of hydrogen-bond donors (Lipinski definition) is 3. The summed E-state index contributed by atoms with van der Waals surface area (Å²) in [4.78, 5) is 36.8. The Kier molecular flexibility index (Phi) is 6.27. The molecule has 0 unspecified atom stereocenters. The Bertz CT molecular complexity index is 737. The molecule has 2 atom stereocenters. The predicted molar refractivity (Wildman–Crippen MR) is 102 cm³/mol. The van der Waals surface area contributed by atoms with Gasteiger partial charge in [-0.1, -0.05) is 43.5 Å². The van der Waals surface area contributed by atoms with Gasteiger partial charge in [0.05, 0.1) is 23.1 Å². The molecule has 6 nitrogen and oxygen atoms in total. The average Bonchev–Trinajstić information content (AvgIpc) is 2.69. The third-order valence-electron chi connectivity index (χ3n) is 5.46. The van der Waals surface area contributed by atoms with Crippen LogP contribution in [0.3, 0.4) is 0 Å². The fourth-order valence-corrected chi connectivity index (χ4v) is 3.90. The summed E-state index contributed by atoms with van der Waals surface area (Å²) in [6, 6.07) is 7.05. The molecule has 0 bridgehead atoms. The van der Waals surface area contributed by atoms with Crippen molar-refractivity contribution in [1.82, 2.24) is 5.32 Å². The quantitative estimate of drug-likeness (QED) is 0.693. The number of para-hydroxylation sites is 1. The van der Waals surface area contributed by atoms with E-state index in [2.05, 4.69) is 10.6 Å². The minimum atomic E-state index is -0.970. The Morgan fingerprint density at radius 1 is 0.926 bits per heavy atom. The number of carbonyl (C=O) groups is 3. The molecule has 27 heavy (non-hydrogen) atoms. The highest BCUT2D eigenvalue weighted by Gasteiger charge is 2.34. The molecule has 6 heteroatoms. The van der Waals surface area contributed by atoms with Crippen molar-refractivity contribution in [3.63, 3.8) is 0 Å². The molecule has 3 rings (SSSR count). The van der Waals surface area contributed by atoms with Crippen LogP contribution in [0.5, 0.6) is 0 Å². The molecule has 2 amide bonds. The molecule has 1 aromatic carbocycles.